The molecule has 1 aliphatic carbocycles. The number of nitrogens with one attached hydrogen (secondary N) is 2. The number of rotatable bonds is 13. The number of hydrogen-bond donors (Lipinski definition) is 3. The molecule has 2 amide bonds. The van der Waals surface area contributed by atoms with Crippen molar-refractivity contribution in [3.8, 4) is 0 Å². The predicted molar refractivity (Wildman–Crippen MR) is 139 cm³/mol. The zero-order valence-corrected chi connectivity index (χ0v) is 21.0. The number of aliphatic hydroxyl groups excluding tert-OH is 1. The van der Waals surface area contributed by atoms with E-state index >= 15 is 0 Å². The first kappa shape index (κ1) is 27.8. The first-order valence-electron chi connectivity index (χ1n) is 12.2. The molecule has 1 saturated carbocycles. The first-order chi connectivity index (χ1) is 16.0. The van der Waals surface area contributed by atoms with Crippen molar-refractivity contribution in [2.45, 2.75) is 64.1 Å². The van der Waals surface area contributed by atoms with Crippen LogP contribution in [0.5, 0.6) is 0 Å². The molecule has 6 nitrogen and oxygen atoms in total. The lowest BCUT2D eigenvalue weighted by atomic mass is 10.00. The third kappa shape index (κ3) is 8.42. The number of halogens is 1. The smallest absolute Gasteiger partial charge is 0.253 e. The van der Waals surface area contributed by atoms with Gasteiger partial charge in [0.2, 0.25) is 0 Å². The van der Waals surface area contributed by atoms with Gasteiger partial charge in [0, 0.05) is 36.8 Å². The molecule has 186 valence electrons. The van der Waals surface area contributed by atoms with Crippen molar-refractivity contribution in [2.75, 3.05) is 19.6 Å². The van der Waals surface area contributed by atoms with Gasteiger partial charge in [-0.1, -0.05) is 50.2 Å². The van der Waals surface area contributed by atoms with Crippen molar-refractivity contribution >= 4 is 24.2 Å². The van der Waals surface area contributed by atoms with Gasteiger partial charge in [-0.15, -0.1) is 12.4 Å². The normalized spacial score (nSPS) is 14.6. The van der Waals surface area contributed by atoms with E-state index in [2.05, 4.69) is 24.5 Å². The van der Waals surface area contributed by atoms with Gasteiger partial charge in [0.1, 0.15) is 0 Å². The molecule has 1 aliphatic rings. The van der Waals surface area contributed by atoms with E-state index in [9.17, 15) is 14.7 Å². The van der Waals surface area contributed by atoms with Crippen molar-refractivity contribution < 1.29 is 14.7 Å². The van der Waals surface area contributed by atoms with Crippen LogP contribution in [0, 0.1) is 0 Å². The summed E-state index contributed by atoms with van der Waals surface area (Å²) in [5, 5.41) is 17.2. The Morgan fingerprint density at radius 2 is 1.65 bits per heavy atom. The zero-order chi connectivity index (χ0) is 23.6. The zero-order valence-electron chi connectivity index (χ0n) is 20.2. The van der Waals surface area contributed by atoms with E-state index in [1.807, 2.05) is 35.2 Å². The topological polar surface area (TPSA) is 81.7 Å². The second-order valence-electron chi connectivity index (χ2n) is 8.89. The summed E-state index contributed by atoms with van der Waals surface area (Å²) in [5.41, 5.74) is 1.99. The van der Waals surface area contributed by atoms with Crippen molar-refractivity contribution in [1.82, 2.24) is 15.5 Å². The van der Waals surface area contributed by atoms with E-state index in [-0.39, 0.29) is 24.2 Å². The van der Waals surface area contributed by atoms with E-state index < -0.39 is 12.1 Å². The van der Waals surface area contributed by atoms with Gasteiger partial charge in [-0.2, -0.15) is 0 Å². The lowest BCUT2D eigenvalue weighted by Gasteiger charge is -2.25. The fourth-order valence-electron chi connectivity index (χ4n) is 3.95. The van der Waals surface area contributed by atoms with Gasteiger partial charge in [0.15, 0.2) is 0 Å². The Morgan fingerprint density at radius 1 is 1.00 bits per heavy atom. The maximum absolute atomic E-state index is 13.1. The van der Waals surface area contributed by atoms with Crippen LogP contribution >= 0.6 is 12.4 Å². The molecule has 3 rings (SSSR count). The number of hydrogen-bond acceptors (Lipinski definition) is 4. The van der Waals surface area contributed by atoms with Crippen molar-refractivity contribution in [2.24, 2.45) is 0 Å². The molecule has 1 fully saturated rings. The van der Waals surface area contributed by atoms with E-state index in [1.54, 1.807) is 24.3 Å². The molecule has 2 aromatic carbocycles. The minimum absolute atomic E-state index is 0. The molecule has 3 N–H and O–H groups in total. The Kier molecular flexibility index (Phi) is 11.5. The van der Waals surface area contributed by atoms with Crippen LogP contribution in [0.1, 0.15) is 65.8 Å². The predicted octanol–water partition coefficient (Wildman–Crippen LogP) is 3.82. The Bertz CT molecular complexity index is 899. The largest absolute Gasteiger partial charge is 0.390 e. The summed E-state index contributed by atoms with van der Waals surface area (Å²) < 4.78 is 0. The second-order valence-corrected chi connectivity index (χ2v) is 8.89. The van der Waals surface area contributed by atoms with Crippen LogP contribution in [0.3, 0.4) is 0 Å². The molecule has 0 aliphatic heterocycles. The van der Waals surface area contributed by atoms with Crippen LogP contribution in [0.25, 0.3) is 0 Å². The molecule has 0 radical (unpaired) electrons. The highest BCUT2D eigenvalue weighted by Gasteiger charge is 2.26. The Morgan fingerprint density at radius 3 is 2.26 bits per heavy atom. The van der Waals surface area contributed by atoms with Crippen molar-refractivity contribution in [3.05, 3.63) is 71.3 Å². The van der Waals surface area contributed by atoms with Crippen LogP contribution in [0.4, 0.5) is 0 Å². The van der Waals surface area contributed by atoms with E-state index in [4.69, 9.17) is 0 Å². The Balaban J connectivity index is 0.00000408. The van der Waals surface area contributed by atoms with Crippen LogP contribution in [0.2, 0.25) is 0 Å². The average molecular weight is 488 g/mol. The van der Waals surface area contributed by atoms with Gasteiger partial charge >= 0.3 is 0 Å². The standard InChI is InChI=1S/C27H37N3O3.ClH/c1-3-15-30(16-4-2)27(33)22-12-8-11-21(18-22)26(32)29-24(17-20-9-6-5-7-10-20)25(31)19-28-23-13-14-23;/h5-12,18,23-25,28,31H,3-4,13-17,19H2,1-2H3,(H,29,32);1H/t24-,25+;/m0./s1. The van der Waals surface area contributed by atoms with Crippen LogP contribution in [-0.2, 0) is 6.42 Å². The van der Waals surface area contributed by atoms with Gasteiger partial charge in [-0.05, 0) is 55.9 Å². The number of nitrogens with zero attached hydrogens (tertiary/aromatic N) is 1. The molecule has 0 spiro atoms. The minimum atomic E-state index is -0.718. The number of aliphatic hydroxyl groups is 1. The van der Waals surface area contributed by atoms with E-state index in [0.29, 0.717) is 43.2 Å². The minimum Gasteiger partial charge on any atom is -0.390 e. The second kappa shape index (κ2) is 14.1. The van der Waals surface area contributed by atoms with Crippen LogP contribution in [-0.4, -0.2) is 59.6 Å². The molecule has 0 aromatic heterocycles. The van der Waals surface area contributed by atoms with Gasteiger partial charge in [0.25, 0.3) is 11.8 Å². The number of carbonyl (C=O) groups is 2. The summed E-state index contributed by atoms with van der Waals surface area (Å²) in [6, 6.07) is 16.8. The highest BCUT2D eigenvalue weighted by atomic mass is 35.5. The summed E-state index contributed by atoms with van der Waals surface area (Å²) in [4.78, 5) is 27.9. The SMILES string of the molecule is CCCN(CCC)C(=O)c1cccc(C(=O)N[C@@H](Cc2ccccc2)[C@H](O)CNC2CC2)c1.Cl. The highest BCUT2D eigenvalue weighted by molar-refractivity contribution is 5.99. The molecule has 2 atom stereocenters. The summed E-state index contributed by atoms with van der Waals surface area (Å²) in [7, 11) is 0. The van der Waals surface area contributed by atoms with Gasteiger partial charge in [0.05, 0.1) is 12.1 Å². The quantitative estimate of drug-likeness (QED) is 0.401. The molecule has 0 unspecified atom stereocenters. The fourth-order valence-corrected chi connectivity index (χ4v) is 3.95. The maximum Gasteiger partial charge on any atom is 0.253 e. The van der Waals surface area contributed by atoms with Gasteiger partial charge in [-0.25, -0.2) is 0 Å². The third-order valence-corrected chi connectivity index (χ3v) is 5.92. The molecule has 0 heterocycles. The van der Waals surface area contributed by atoms with E-state index in [0.717, 1.165) is 31.2 Å². The van der Waals surface area contributed by atoms with Crippen molar-refractivity contribution in [1.29, 1.82) is 0 Å². The molecule has 2 aromatic rings. The lowest BCUT2D eigenvalue weighted by Crippen LogP contribution is -2.49. The molecular formula is C27H38ClN3O3. The summed E-state index contributed by atoms with van der Waals surface area (Å²) in [5.74, 6) is -0.337. The van der Waals surface area contributed by atoms with E-state index in [1.165, 1.54) is 0 Å². The molecule has 0 bridgehead atoms. The highest BCUT2D eigenvalue weighted by Crippen LogP contribution is 2.19. The number of amides is 2. The van der Waals surface area contributed by atoms with Gasteiger partial charge < -0.3 is 20.6 Å². The summed E-state index contributed by atoms with van der Waals surface area (Å²) >= 11 is 0. The average Bonchev–Trinajstić information content (AvgIpc) is 3.67. The number of benzene rings is 2. The Labute approximate surface area is 209 Å². The molecular weight excluding hydrogens is 450 g/mol. The summed E-state index contributed by atoms with van der Waals surface area (Å²) in [6.45, 7) is 5.93. The fraction of sp³-hybridized carbons (Fsp3) is 0.481. The molecule has 34 heavy (non-hydrogen) atoms. The summed E-state index contributed by atoms with van der Waals surface area (Å²) in [6.07, 6.45) is 3.86. The maximum atomic E-state index is 13.1. The van der Waals surface area contributed by atoms with Gasteiger partial charge in [-0.3, -0.25) is 9.59 Å². The molecule has 0 saturated heterocycles. The third-order valence-electron chi connectivity index (χ3n) is 5.92. The Hall–Kier alpha value is -2.41. The monoisotopic (exact) mass is 487 g/mol. The van der Waals surface area contributed by atoms with Crippen LogP contribution in [0.15, 0.2) is 54.6 Å². The molecule has 7 heteroatoms. The van der Waals surface area contributed by atoms with Crippen molar-refractivity contribution in [3.63, 3.8) is 0 Å². The number of carbonyl (C=O) groups excluding carboxylic acids is 2. The first-order valence-corrected chi connectivity index (χ1v) is 12.2. The lowest BCUT2D eigenvalue weighted by molar-refractivity contribution is 0.0755. The van der Waals surface area contributed by atoms with Crippen LogP contribution < -0.4 is 10.6 Å².